The van der Waals surface area contributed by atoms with Gasteiger partial charge in [0.1, 0.15) is 12.4 Å². The highest BCUT2D eigenvalue weighted by Crippen LogP contribution is 2.18. The van der Waals surface area contributed by atoms with Gasteiger partial charge < -0.3 is 9.47 Å². The summed E-state index contributed by atoms with van der Waals surface area (Å²) in [4.78, 5) is 10.1. The van der Waals surface area contributed by atoms with Crippen molar-refractivity contribution in [1.29, 1.82) is 0 Å². The fourth-order valence-electron chi connectivity index (χ4n) is 1.84. The molecule has 6 heteroatoms. The van der Waals surface area contributed by atoms with Crippen LogP contribution < -0.4 is 4.74 Å². The van der Waals surface area contributed by atoms with Crippen molar-refractivity contribution in [2.45, 2.75) is 32.4 Å². The van der Waals surface area contributed by atoms with E-state index in [1.165, 1.54) is 12.1 Å². The summed E-state index contributed by atoms with van der Waals surface area (Å²) >= 11 is 0. The SMILES string of the molecule is CC(C)(C)[N+]1=COC(COc2ccc([N+](=O)[O-])cc2)C1. The standard InChI is InChI=1S/C14H19N2O4/c1-14(2,3)15-8-13(20-10-15)9-19-12-6-4-11(5-7-12)16(17)18/h4-7,10,13H,8-9H2,1-3H3/q+1. The third-order valence-corrected chi connectivity index (χ3v) is 3.13. The molecule has 0 radical (unpaired) electrons. The topological polar surface area (TPSA) is 64.6 Å². The van der Waals surface area contributed by atoms with Crippen molar-refractivity contribution in [1.82, 2.24) is 0 Å². The Kier molecular flexibility index (Phi) is 3.92. The zero-order valence-electron chi connectivity index (χ0n) is 11.9. The maximum atomic E-state index is 10.5. The molecule has 20 heavy (non-hydrogen) atoms. The van der Waals surface area contributed by atoms with Gasteiger partial charge in [-0.15, -0.1) is 0 Å². The van der Waals surface area contributed by atoms with Crippen LogP contribution in [0.2, 0.25) is 0 Å². The van der Waals surface area contributed by atoms with Crippen molar-refractivity contribution < 1.29 is 19.0 Å². The Labute approximate surface area is 117 Å². The molecule has 1 heterocycles. The maximum absolute atomic E-state index is 10.5. The summed E-state index contributed by atoms with van der Waals surface area (Å²) in [5.41, 5.74) is 0.0870. The molecule has 1 atom stereocenters. The normalized spacial score (nSPS) is 18.4. The van der Waals surface area contributed by atoms with Gasteiger partial charge in [0.15, 0.2) is 18.2 Å². The number of nitro groups is 1. The van der Waals surface area contributed by atoms with Crippen LogP contribution in [0, 0.1) is 10.1 Å². The molecule has 0 saturated heterocycles. The minimum atomic E-state index is -0.431. The number of ether oxygens (including phenoxy) is 2. The number of hydrogen-bond acceptors (Lipinski definition) is 4. The van der Waals surface area contributed by atoms with Crippen LogP contribution in [0.4, 0.5) is 5.69 Å². The van der Waals surface area contributed by atoms with Gasteiger partial charge in [0.2, 0.25) is 0 Å². The van der Waals surface area contributed by atoms with Crippen LogP contribution in [0.5, 0.6) is 5.75 Å². The summed E-state index contributed by atoms with van der Waals surface area (Å²) in [6.07, 6.45) is 1.72. The summed E-state index contributed by atoms with van der Waals surface area (Å²) in [5, 5.41) is 10.5. The monoisotopic (exact) mass is 279 g/mol. The van der Waals surface area contributed by atoms with Crippen molar-refractivity contribution >= 4 is 12.1 Å². The lowest BCUT2D eigenvalue weighted by Gasteiger charge is -2.14. The molecule has 0 saturated carbocycles. The van der Waals surface area contributed by atoms with Crippen LogP contribution in [0.15, 0.2) is 24.3 Å². The Bertz CT molecular complexity index is 517. The van der Waals surface area contributed by atoms with Gasteiger partial charge in [-0.3, -0.25) is 10.1 Å². The van der Waals surface area contributed by atoms with Crippen LogP contribution >= 0.6 is 0 Å². The van der Waals surface area contributed by atoms with E-state index < -0.39 is 4.92 Å². The number of hydrogen-bond donors (Lipinski definition) is 0. The van der Waals surface area contributed by atoms with Gasteiger partial charge in [0, 0.05) is 12.1 Å². The van der Waals surface area contributed by atoms with Crippen molar-refractivity contribution in [3.05, 3.63) is 34.4 Å². The van der Waals surface area contributed by atoms with E-state index in [1.807, 2.05) is 0 Å². The fourth-order valence-corrected chi connectivity index (χ4v) is 1.84. The third-order valence-electron chi connectivity index (χ3n) is 3.13. The highest BCUT2D eigenvalue weighted by molar-refractivity contribution is 5.42. The van der Waals surface area contributed by atoms with E-state index >= 15 is 0 Å². The number of rotatable bonds is 4. The molecule has 1 aliphatic rings. The highest BCUT2D eigenvalue weighted by atomic mass is 16.6. The molecule has 0 N–H and O–H groups in total. The van der Waals surface area contributed by atoms with Crippen LogP contribution in [0.3, 0.4) is 0 Å². The Balaban J connectivity index is 1.84. The van der Waals surface area contributed by atoms with Gasteiger partial charge in [-0.05, 0) is 32.9 Å². The van der Waals surface area contributed by atoms with E-state index in [9.17, 15) is 10.1 Å². The van der Waals surface area contributed by atoms with Crippen molar-refractivity contribution in [3.8, 4) is 5.75 Å². The molecular weight excluding hydrogens is 260 g/mol. The third kappa shape index (κ3) is 3.46. The molecule has 1 unspecified atom stereocenters. The minimum absolute atomic E-state index is 0.0237. The number of nitrogens with zero attached hydrogens (tertiary/aromatic N) is 2. The first-order valence-corrected chi connectivity index (χ1v) is 6.49. The van der Waals surface area contributed by atoms with Crippen LogP contribution in [-0.4, -0.2) is 40.7 Å². The highest BCUT2D eigenvalue weighted by Gasteiger charge is 2.33. The molecule has 0 bridgehead atoms. The first-order chi connectivity index (χ1) is 9.36. The molecule has 0 aliphatic carbocycles. The second-order valence-corrected chi connectivity index (χ2v) is 5.75. The quantitative estimate of drug-likeness (QED) is 0.481. The van der Waals surface area contributed by atoms with Gasteiger partial charge in [-0.25, -0.2) is 0 Å². The summed E-state index contributed by atoms with van der Waals surface area (Å²) < 4.78 is 13.3. The second kappa shape index (κ2) is 5.48. The zero-order chi connectivity index (χ0) is 14.8. The molecule has 1 aromatic rings. The average molecular weight is 279 g/mol. The smallest absolute Gasteiger partial charge is 0.324 e. The molecule has 108 valence electrons. The van der Waals surface area contributed by atoms with Crippen molar-refractivity contribution in [2.75, 3.05) is 13.2 Å². The molecule has 2 rings (SSSR count). The molecule has 1 aliphatic heterocycles. The Hall–Kier alpha value is -2.11. The fraction of sp³-hybridized carbons (Fsp3) is 0.500. The molecule has 0 spiro atoms. The largest absolute Gasteiger partial charge is 0.489 e. The minimum Gasteiger partial charge on any atom is -0.489 e. The van der Waals surface area contributed by atoms with E-state index in [0.717, 1.165) is 6.54 Å². The van der Waals surface area contributed by atoms with Gasteiger partial charge in [-0.2, -0.15) is 4.58 Å². The van der Waals surface area contributed by atoms with Crippen LogP contribution in [0.1, 0.15) is 20.8 Å². The van der Waals surface area contributed by atoms with Crippen LogP contribution in [-0.2, 0) is 4.74 Å². The van der Waals surface area contributed by atoms with Crippen molar-refractivity contribution in [3.63, 3.8) is 0 Å². The molecular formula is C14H19N2O4+. The number of benzene rings is 1. The Morgan fingerprint density at radius 3 is 2.55 bits per heavy atom. The lowest BCUT2D eigenvalue weighted by atomic mass is 10.1. The predicted octanol–water partition coefficient (Wildman–Crippen LogP) is 2.21. The van der Waals surface area contributed by atoms with Gasteiger partial charge in [0.25, 0.3) is 5.69 Å². The Morgan fingerprint density at radius 1 is 1.40 bits per heavy atom. The molecule has 0 fully saturated rings. The Morgan fingerprint density at radius 2 is 2.05 bits per heavy atom. The number of nitro benzene ring substituents is 1. The van der Waals surface area contributed by atoms with Crippen LogP contribution in [0.25, 0.3) is 0 Å². The first kappa shape index (κ1) is 14.3. The summed E-state index contributed by atoms with van der Waals surface area (Å²) in [6, 6.07) is 6.05. The summed E-state index contributed by atoms with van der Waals surface area (Å²) in [6.45, 7) is 7.54. The van der Waals surface area contributed by atoms with E-state index in [1.54, 1.807) is 18.5 Å². The van der Waals surface area contributed by atoms with Gasteiger partial charge in [-0.1, -0.05) is 0 Å². The lowest BCUT2D eigenvalue weighted by Crippen LogP contribution is -2.35. The average Bonchev–Trinajstić information content (AvgIpc) is 2.85. The molecule has 0 amide bonds. The number of non-ortho nitro benzene ring substituents is 1. The zero-order valence-corrected chi connectivity index (χ0v) is 11.9. The van der Waals surface area contributed by atoms with E-state index in [2.05, 4.69) is 25.3 Å². The summed E-state index contributed by atoms with van der Waals surface area (Å²) in [5.74, 6) is 0.605. The first-order valence-electron chi connectivity index (χ1n) is 6.49. The van der Waals surface area contributed by atoms with Gasteiger partial charge in [0.05, 0.1) is 4.92 Å². The summed E-state index contributed by atoms with van der Waals surface area (Å²) in [7, 11) is 0. The maximum Gasteiger partial charge on any atom is 0.324 e. The van der Waals surface area contributed by atoms with Gasteiger partial charge >= 0.3 is 6.40 Å². The van der Waals surface area contributed by atoms with E-state index in [0.29, 0.717) is 12.4 Å². The van der Waals surface area contributed by atoms with E-state index in [4.69, 9.17) is 9.47 Å². The predicted molar refractivity (Wildman–Crippen MR) is 74.4 cm³/mol. The molecule has 6 nitrogen and oxygen atoms in total. The molecule has 0 aromatic heterocycles. The van der Waals surface area contributed by atoms with Crippen molar-refractivity contribution in [2.24, 2.45) is 0 Å². The second-order valence-electron chi connectivity index (χ2n) is 5.75. The molecule has 1 aromatic carbocycles. The lowest BCUT2D eigenvalue weighted by molar-refractivity contribution is -0.587. The van der Waals surface area contributed by atoms with E-state index in [-0.39, 0.29) is 17.3 Å².